The van der Waals surface area contributed by atoms with Gasteiger partial charge in [0.15, 0.2) is 0 Å². The number of amides is 1. The number of carbonyl (C=O) groups excluding carboxylic acids is 1. The number of anilines is 1. The fourth-order valence-electron chi connectivity index (χ4n) is 1.28. The molecule has 15 heavy (non-hydrogen) atoms. The van der Waals surface area contributed by atoms with Crippen molar-refractivity contribution >= 4 is 21.8 Å². The average Bonchev–Trinajstić information content (AvgIpc) is 2.40. The summed E-state index contributed by atoms with van der Waals surface area (Å²) in [6, 6.07) is 6.79. The Morgan fingerprint density at radius 2 is 2.27 bits per heavy atom. The van der Waals surface area contributed by atoms with E-state index >= 15 is 0 Å². The first kappa shape index (κ1) is 9.78. The fourth-order valence-corrected chi connectivity index (χ4v) is 2.44. The van der Waals surface area contributed by atoms with E-state index in [0.29, 0.717) is 0 Å². The zero-order valence-corrected chi connectivity index (χ0v) is 8.28. The lowest BCUT2D eigenvalue weighted by Crippen LogP contribution is -2.29. The molecule has 1 amide bonds. The number of nitrogens with one attached hydrogen (secondary N) is 1. The molecule has 0 aromatic heterocycles. The van der Waals surface area contributed by atoms with Gasteiger partial charge < -0.3 is 5.11 Å². The summed E-state index contributed by atoms with van der Waals surface area (Å²) in [4.78, 5) is 10.9. The molecule has 1 heterocycles. The van der Waals surface area contributed by atoms with Crippen LogP contribution in [0, 0.1) is 6.07 Å². The quantitative estimate of drug-likeness (QED) is 0.669. The Morgan fingerprint density at radius 1 is 1.53 bits per heavy atom. The minimum absolute atomic E-state index is 0.0378. The van der Waals surface area contributed by atoms with Crippen LogP contribution in [0.4, 0.5) is 5.69 Å². The van der Waals surface area contributed by atoms with Gasteiger partial charge >= 0.3 is 10.2 Å². The molecule has 0 spiro atoms. The Bertz CT molecular complexity index is 511. The maximum absolute atomic E-state index is 11.4. The maximum atomic E-state index is 11.4. The summed E-state index contributed by atoms with van der Waals surface area (Å²) in [5.41, 5.74) is 0.0378. The molecule has 0 unspecified atom stereocenters. The third-order valence-corrected chi connectivity index (χ3v) is 3.29. The van der Waals surface area contributed by atoms with Crippen LogP contribution in [0.25, 0.3) is 0 Å². The Morgan fingerprint density at radius 3 is 2.80 bits per heavy atom. The van der Waals surface area contributed by atoms with Crippen molar-refractivity contribution in [1.29, 1.82) is 0 Å². The first-order chi connectivity index (χ1) is 7.00. The normalized spacial score (nSPS) is 18.9. The molecule has 0 aliphatic carbocycles. The second kappa shape index (κ2) is 3.13. The Labute approximate surface area is 86.3 Å². The summed E-state index contributed by atoms with van der Waals surface area (Å²) in [6.07, 6.45) is 0. The molecule has 7 heteroatoms. The monoisotopic (exact) mass is 227 g/mol. The van der Waals surface area contributed by atoms with Crippen molar-refractivity contribution in [3.63, 3.8) is 0 Å². The first-order valence-corrected chi connectivity index (χ1v) is 5.48. The van der Waals surface area contributed by atoms with Crippen LogP contribution in [0.15, 0.2) is 18.2 Å². The molecule has 1 aromatic carbocycles. The molecule has 1 aromatic rings. The SMILES string of the molecule is O=C1CN(c2ccc[c]c2O)S(=O)(=O)N1. The summed E-state index contributed by atoms with van der Waals surface area (Å²) >= 11 is 0. The summed E-state index contributed by atoms with van der Waals surface area (Å²) < 4.78 is 25.4. The van der Waals surface area contributed by atoms with Crippen LogP contribution in [-0.4, -0.2) is 26.0 Å². The molecule has 0 atom stereocenters. The summed E-state index contributed by atoms with van der Waals surface area (Å²) in [7, 11) is -3.86. The number of hydrogen-bond donors (Lipinski definition) is 2. The molecule has 1 aliphatic rings. The van der Waals surface area contributed by atoms with Gasteiger partial charge in [0.25, 0.3) is 5.91 Å². The molecule has 6 nitrogen and oxygen atoms in total. The van der Waals surface area contributed by atoms with Crippen LogP contribution in [0.5, 0.6) is 5.75 Å². The van der Waals surface area contributed by atoms with Gasteiger partial charge in [0.1, 0.15) is 12.3 Å². The van der Waals surface area contributed by atoms with Crippen LogP contribution in [0.2, 0.25) is 0 Å². The topological polar surface area (TPSA) is 86.7 Å². The van der Waals surface area contributed by atoms with Gasteiger partial charge in [-0.15, -0.1) is 0 Å². The molecule has 1 aliphatic heterocycles. The number of hydrogen-bond acceptors (Lipinski definition) is 4. The van der Waals surface area contributed by atoms with Crippen molar-refractivity contribution < 1.29 is 18.3 Å². The fraction of sp³-hybridized carbons (Fsp3) is 0.125. The Balaban J connectivity index is 2.49. The van der Waals surface area contributed by atoms with Gasteiger partial charge in [-0.3, -0.25) is 4.79 Å². The lowest BCUT2D eigenvalue weighted by Gasteiger charge is -2.15. The summed E-state index contributed by atoms with van der Waals surface area (Å²) in [5, 5.41) is 9.39. The number of nitrogens with zero attached hydrogens (tertiary/aromatic N) is 1. The zero-order valence-electron chi connectivity index (χ0n) is 7.47. The third-order valence-electron chi connectivity index (χ3n) is 1.90. The largest absolute Gasteiger partial charge is 0.505 e. The van der Waals surface area contributed by atoms with Crippen LogP contribution in [0.1, 0.15) is 0 Å². The predicted octanol–water partition coefficient (Wildman–Crippen LogP) is -0.627. The van der Waals surface area contributed by atoms with Crippen molar-refractivity contribution in [3.05, 3.63) is 24.3 Å². The number of carbonyl (C=O) groups is 1. The molecule has 0 saturated carbocycles. The third kappa shape index (κ3) is 1.61. The van der Waals surface area contributed by atoms with E-state index in [9.17, 15) is 18.3 Å². The minimum Gasteiger partial charge on any atom is -0.505 e. The molecule has 2 rings (SSSR count). The molecule has 1 fully saturated rings. The summed E-state index contributed by atoms with van der Waals surface area (Å²) in [5.74, 6) is -0.934. The second-order valence-corrected chi connectivity index (χ2v) is 4.54. The predicted molar refractivity (Wildman–Crippen MR) is 51.4 cm³/mol. The summed E-state index contributed by atoms with van der Waals surface area (Å²) in [6.45, 7) is -0.326. The highest BCUT2D eigenvalue weighted by molar-refractivity contribution is 7.92. The van der Waals surface area contributed by atoms with Crippen LogP contribution >= 0.6 is 0 Å². The Kier molecular flexibility index (Phi) is 2.04. The molecule has 0 bridgehead atoms. The highest BCUT2D eigenvalue weighted by atomic mass is 32.2. The van der Waals surface area contributed by atoms with E-state index in [1.165, 1.54) is 18.2 Å². The standard InChI is InChI=1S/C8H7N2O4S/c11-7-4-2-1-3-6(7)10-5-8(12)9-15(10,13)14/h1-3,11H,5H2,(H,9,12). The molecule has 1 radical (unpaired) electrons. The van der Waals surface area contributed by atoms with Crippen molar-refractivity contribution in [3.8, 4) is 5.75 Å². The highest BCUT2D eigenvalue weighted by Gasteiger charge is 2.35. The van der Waals surface area contributed by atoms with E-state index in [2.05, 4.69) is 6.07 Å². The van der Waals surface area contributed by atoms with E-state index in [1.54, 1.807) is 4.72 Å². The maximum Gasteiger partial charge on any atom is 0.326 e. The molecular weight excluding hydrogens is 220 g/mol. The number of phenols is 1. The minimum atomic E-state index is -3.86. The van der Waals surface area contributed by atoms with Gasteiger partial charge in [0.05, 0.1) is 5.69 Å². The van der Waals surface area contributed by atoms with Gasteiger partial charge in [-0.1, -0.05) is 12.1 Å². The number of aromatic hydroxyl groups is 1. The van der Waals surface area contributed by atoms with Crippen molar-refractivity contribution in [2.75, 3.05) is 10.8 Å². The van der Waals surface area contributed by atoms with E-state index in [-0.39, 0.29) is 18.0 Å². The molecular formula is C8H7N2O4S. The molecule has 1 saturated heterocycles. The van der Waals surface area contributed by atoms with E-state index in [4.69, 9.17) is 0 Å². The van der Waals surface area contributed by atoms with Gasteiger partial charge in [-0.25, -0.2) is 9.03 Å². The number of benzene rings is 1. The van der Waals surface area contributed by atoms with E-state index in [1.807, 2.05) is 0 Å². The van der Waals surface area contributed by atoms with E-state index < -0.39 is 16.1 Å². The smallest absolute Gasteiger partial charge is 0.326 e. The zero-order chi connectivity index (χ0) is 11.1. The lowest BCUT2D eigenvalue weighted by atomic mass is 10.3. The van der Waals surface area contributed by atoms with Crippen LogP contribution in [0.3, 0.4) is 0 Å². The van der Waals surface area contributed by atoms with Gasteiger partial charge in [0.2, 0.25) is 0 Å². The van der Waals surface area contributed by atoms with Crippen LogP contribution < -0.4 is 9.03 Å². The van der Waals surface area contributed by atoms with Gasteiger partial charge in [-0.2, -0.15) is 8.42 Å². The molecule has 2 N–H and O–H groups in total. The lowest BCUT2D eigenvalue weighted by molar-refractivity contribution is -0.117. The highest BCUT2D eigenvalue weighted by Crippen LogP contribution is 2.28. The molecule has 79 valence electrons. The average molecular weight is 227 g/mol. The number of phenolic OH excluding ortho intramolecular Hbond substituents is 1. The second-order valence-electron chi connectivity index (χ2n) is 2.94. The van der Waals surface area contributed by atoms with Crippen LogP contribution in [-0.2, 0) is 15.0 Å². The van der Waals surface area contributed by atoms with E-state index in [0.717, 1.165) is 4.31 Å². The van der Waals surface area contributed by atoms with Crippen molar-refractivity contribution in [2.45, 2.75) is 0 Å². The number of para-hydroxylation sites is 1. The first-order valence-electron chi connectivity index (χ1n) is 4.04. The van der Waals surface area contributed by atoms with Crippen molar-refractivity contribution in [1.82, 2.24) is 4.72 Å². The Hall–Kier alpha value is -1.76. The van der Waals surface area contributed by atoms with Gasteiger partial charge in [0, 0.05) is 6.07 Å². The van der Waals surface area contributed by atoms with Crippen molar-refractivity contribution in [2.24, 2.45) is 0 Å². The number of rotatable bonds is 1. The van der Waals surface area contributed by atoms with Gasteiger partial charge in [-0.05, 0) is 6.07 Å².